The third-order valence-electron chi connectivity index (χ3n) is 3.72. The van der Waals surface area contributed by atoms with Gasteiger partial charge in [-0.05, 0) is 27.7 Å². The van der Waals surface area contributed by atoms with Gasteiger partial charge in [0.2, 0.25) is 5.56 Å². The van der Waals surface area contributed by atoms with Crippen LogP contribution in [0, 0.1) is 5.82 Å². The molecule has 1 aliphatic heterocycles. The summed E-state index contributed by atoms with van der Waals surface area (Å²) in [6, 6.07) is 1.22. The van der Waals surface area contributed by atoms with Crippen molar-refractivity contribution in [3.63, 3.8) is 0 Å². The van der Waals surface area contributed by atoms with Crippen molar-refractivity contribution in [3.8, 4) is 0 Å². The topological polar surface area (TPSA) is 40.5 Å². The van der Waals surface area contributed by atoms with Crippen LogP contribution in [0.4, 0.5) is 4.39 Å². The van der Waals surface area contributed by atoms with Crippen LogP contribution in [0.5, 0.6) is 0 Å². The SMILES string of the molecule is Cn1cc(F)c(B2OC(C)(C)C(C)(C)O2)cc1=O. The quantitative estimate of drug-likeness (QED) is 0.696. The van der Waals surface area contributed by atoms with Crippen LogP contribution in [0.2, 0.25) is 0 Å². The van der Waals surface area contributed by atoms with E-state index in [2.05, 4.69) is 0 Å². The Hall–Kier alpha value is -1.14. The molecule has 1 fully saturated rings. The lowest BCUT2D eigenvalue weighted by atomic mass is 9.79. The van der Waals surface area contributed by atoms with Crippen LogP contribution in [0.25, 0.3) is 0 Å². The second-order valence-corrected chi connectivity index (χ2v) is 5.61. The Labute approximate surface area is 106 Å². The fourth-order valence-electron chi connectivity index (χ4n) is 1.76. The Morgan fingerprint density at radius 2 is 1.72 bits per heavy atom. The van der Waals surface area contributed by atoms with Crippen LogP contribution in [-0.2, 0) is 16.4 Å². The summed E-state index contributed by atoms with van der Waals surface area (Å²) in [6.45, 7) is 7.52. The molecule has 18 heavy (non-hydrogen) atoms. The third-order valence-corrected chi connectivity index (χ3v) is 3.72. The zero-order valence-corrected chi connectivity index (χ0v) is 11.3. The first-order valence-corrected chi connectivity index (χ1v) is 5.86. The van der Waals surface area contributed by atoms with Crippen molar-refractivity contribution >= 4 is 12.6 Å². The standard InChI is InChI=1S/C12H17BFNO3/c1-11(2)12(3,4)18-13(17-11)8-6-10(16)15(5)7-9(8)14/h6-7H,1-5H3. The second-order valence-electron chi connectivity index (χ2n) is 5.61. The van der Waals surface area contributed by atoms with E-state index in [9.17, 15) is 9.18 Å². The molecule has 1 aromatic heterocycles. The molecule has 0 unspecified atom stereocenters. The van der Waals surface area contributed by atoms with Gasteiger partial charge in [-0.3, -0.25) is 4.79 Å². The molecule has 0 spiro atoms. The summed E-state index contributed by atoms with van der Waals surface area (Å²) in [5, 5.41) is 0. The molecule has 2 rings (SSSR count). The number of aryl methyl sites for hydroxylation is 1. The van der Waals surface area contributed by atoms with Gasteiger partial charge < -0.3 is 13.9 Å². The zero-order valence-electron chi connectivity index (χ0n) is 11.3. The van der Waals surface area contributed by atoms with Gasteiger partial charge in [-0.25, -0.2) is 4.39 Å². The van der Waals surface area contributed by atoms with Crippen molar-refractivity contribution in [1.29, 1.82) is 0 Å². The average Bonchev–Trinajstić information content (AvgIpc) is 2.42. The highest BCUT2D eigenvalue weighted by Crippen LogP contribution is 2.36. The molecule has 0 radical (unpaired) electrons. The largest absolute Gasteiger partial charge is 0.498 e. The zero-order chi connectivity index (χ0) is 13.7. The number of hydrogen-bond acceptors (Lipinski definition) is 3. The molecular formula is C12H17BFNO3. The van der Waals surface area contributed by atoms with Crippen molar-refractivity contribution in [3.05, 3.63) is 28.4 Å². The van der Waals surface area contributed by atoms with E-state index in [1.165, 1.54) is 17.7 Å². The van der Waals surface area contributed by atoms with Crippen molar-refractivity contribution in [2.45, 2.75) is 38.9 Å². The minimum absolute atomic E-state index is 0.150. The van der Waals surface area contributed by atoms with Gasteiger partial charge in [-0.1, -0.05) is 0 Å². The van der Waals surface area contributed by atoms with Crippen LogP contribution in [0.1, 0.15) is 27.7 Å². The van der Waals surface area contributed by atoms with Crippen LogP contribution >= 0.6 is 0 Å². The molecule has 4 nitrogen and oxygen atoms in total. The highest BCUT2D eigenvalue weighted by Gasteiger charge is 2.52. The van der Waals surface area contributed by atoms with Gasteiger partial charge in [0, 0.05) is 24.8 Å². The fraction of sp³-hybridized carbons (Fsp3) is 0.583. The van der Waals surface area contributed by atoms with E-state index in [4.69, 9.17) is 9.31 Å². The van der Waals surface area contributed by atoms with Crippen LogP contribution < -0.4 is 11.0 Å². The van der Waals surface area contributed by atoms with E-state index in [-0.39, 0.29) is 11.0 Å². The molecular weight excluding hydrogens is 236 g/mol. The first kappa shape index (κ1) is 13.3. The smallest absolute Gasteiger partial charge is 0.399 e. The number of pyridine rings is 1. The predicted octanol–water partition coefficient (Wildman–Crippen LogP) is 0.824. The van der Waals surface area contributed by atoms with Gasteiger partial charge in [0.1, 0.15) is 5.82 Å². The van der Waals surface area contributed by atoms with E-state index in [0.717, 1.165) is 6.20 Å². The molecule has 0 aliphatic carbocycles. The Morgan fingerprint density at radius 1 is 1.22 bits per heavy atom. The molecule has 0 N–H and O–H groups in total. The summed E-state index contributed by atoms with van der Waals surface area (Å²) in [6.07, 6.45) is 1.14. The number of halogens is 1. The van der Waals surface area contributed by atoms with Crippen molar-refractivity contribution in [2.75, 3.05) is 0 Å². The first-order chi connectivity index (χ1) is 8.14. The maximum Gasteiger partial charge on any atom is 0.498 e. The molecule has 0 bridgehead atoms. The van der Waals surface area contributed by atoms with E-state index < -0.39 is 24.1 Å². The highest BCUT2D eigenvalue weighted by molar-refractivity contribution is 6.62. The molecule has 0 aromatic carbocycles. The summed E-state index contributed by atoms with van der Waals surface area (Å²) in [5.74, 6) is -0.504. The molecule has 0 atom stereocenters. The minimum atomic E-state index is -0.844. The van der Waals surface area contributed by atoms with E-state index in [0.29, 0.717) is 0 Å². The molecule has 98 valence electrons. The van der Waals surface area contributed by atoms with E-state index in [1.54, 1.807) is 0 Å². The van der Waals surface area contributed by atoms with Gasteiger partial charge in [-0.15, -0.1) is 0 Å². The lowest BCUT2D eigenvalue weighted by Crippen LogP contribution is -2.41. The maximum absolute atomic E-state index is 13.9. The number of aromatic nitrogens is 1. The Bertz CT molecular complexity index is 523. The normalized spacial score (nSPS) is 21.3. The van der Waals surface area contributed by atoms with Crippen molar-refractivity contribution in [2.24, 2.45) is 7.05 Å². The molecule has 1 aliphatic rings. The second kappa shape index (κ2) is 3.93. The summed E-state index contributed by atoms with van der Waals surface area (Å²) in [5.41, 5.74) is -1.24. The number of hydrogen-bond donors (Lipinski definition) is 0. The van der Waals surface area contributed by atoms with Crippen LogP contribution in [-0.4, -0.2) is 22.9 Å². The van der Waals surface area contributed by atoms with Gasteiger partial charge in [0.25, 0.3) is 0 Å². The molecule has 6 heteroatoms. The van der Waals surface area contributed by atoms with Crippen molar-refractivity contribution in [1.82, 2.24) is 4.57 Å². The van der Waals surface area contributed by atoms with Gasteiger partial charge in [0.05, 0.1) is 11.2 Å². The average molecular weight is 253 g/mol. The Balaban J connectivity index is 2.41. The summed E-state index contributed by atoms with van der Waals surface area (Å²) in [4.78, 5) is 11.6. The van der Waals surface area contributed by atoms with Gasteiger partial charge in [-0.2, -0.15) is 0 Å². The predicted molar refractivity (Wildman–Crippen MR) is 67.4 cm³/mol. The summed E-state index contributed by atoms with van der Waals surface area (Å²) in [7, 11) is 0.656. The molecule has 1 saturated heterocycles. The minimum Gasteiger partial charge on any atom is -0.399 e. The molecule has 0 amide bonds. The maximum atomic E-state index is 13.9. The highest BCUT2D eigenvalue weighted by atomic mass is 19.1. The Kier molecular flexibility index (Phi) is 2.90. The van der Waals surface area contributed by atoms with Crippen molar-refractivity contribution < 1.29 is 13.7 Å². The molecule has 2 heterocycles. The third kappa shape index (κ3) is 1.99. The summed E-state index contributed by atoms with van der Waals surface area (Å²) >= 11 is 0. The van der Waals surface area contributed by atoms with Gasteiger partial charge in [0.15, 0.2) is 0 Å². The molecule has 1 aromatic rings. The van der Waals surface area contributed by atoms with E-state index >= 15 is 0 Å². The van der Waals surface area contributed by atoms with Crippen LogP contribution in [0.3, 0.4) is 0 Å². The lowest BCUT2D eigenvalue weighted by Gasteiger charge is -2.32. The lowest BCUT2D eigenvalue weighted by molar-refractivity contribution is 0.00578. The monoisotopic (exact) mass is 253 g/mol. The van der Waals surface area contributed by atoms with Gasteiger partial charge >= 0.3 is 7.12 Å². The Morgan fingerprint density at radius 3 is 2.22 bits per heavy atom. The van der Waals surface area contributed by atoms with Crippen LogP contribution in [0.15, 0.2) is 17.1 Å². The van der Waals surface area contributed by atoms with E-state index in [1.807, 2.05) is 27.7 Å². The summed E-state index contributed by atoms with van der Waals surface area (Å²) < 4.78 is 26.5. The molecule has 0 saturated carbocycles. The fourth-order valence-corrected chi connectivity index (χ4v) is 1.76. The first-order valence-electron chi connectivity index (χ1n) is 5.86. The number of rotatable bonds is 1. The number of nitrogens with zero attached hydrogens (tertiary/aromatic N) is 1.